The van der Waals surface area contributed by atoms with E-state index in [1.807, 2.05) is 6.08 Å². The summed E-state index contributed by atoms with van der Waals surface area (Å²) in [4.78, 5) is 12.2. The monoisotopic (exact) mass is 242 g/mol. The van der Waals surface area contributed by atoms with E-state index >= 15 is 0 Å². The van der Waals surface area contributed by atoms with Crippen LogP contribution in [0.4, 0.5) is 0 Å². The van der Waals surface area contributed by atoms with Gasteiger partial charge >= 0.3 is 0 Å². The number of carbonyl (C=O) groups is 1. The van der Waals surface area contributed by atoms with Crippen LogP contribution in [0.3, 0.4) is 0 Å². The van der Waals surface area contributed by atoms with Gasteiger partial charge in [-0.2, -0.15) is 0 Å². The largest absolute Gasteiger partial charge is 0.301 e. The number of hydrogen-bond donors (Lipinski definition) is 0. The van der Waals surface area contributed by atoms with Crippen molar-refractivity contribution in [2.24, 2.45) is 0 Å². The molecule has 0 aliphatic carbocycles. The molecule has 0 heterocycles. The molecule has 0 amide bonds. The van der Waals surface area contributed by atoms with E-state index in [1.54, 1.807) is 0 Å². The lowest BCUT2D eigenvalue weighted by molar-refractivity contribution is -0.108. The van der Waals surface area contributed by atoms with Crippen molar-refractivity contribution in [1.29, 1.82) is 0 Å². The van der Waals surface area contributed by atoms with E-state index in [1.165, 1.54) is 0 Å². The minimum Gasteiger partial charge on any atom is -0.301 e. The molecular weight excluding hydrogens is 216 g/mol. The quantitative estimate of drug-likeness (QED) is 0.539. The first-order valence-corrected chi connectivity index (χ1v) is 12.2. The molecule has 0 atom stereocenters. The van der Waals surface area contributed by atoms with E-state index in [9.17, 15) is 4.79 Å². The van der Waals surface area contributed by atoms with Crippen molar-refractivity contribution in [2.45, 2.75) is 58.5 Å². The lowest BCUT2D eigenvalue weighted by Gasteiger charge is -2.34. The Morgan fingerprint density at radius 2 is 1.40 bits per heavy atom. The molecule has 0 aromatic rings. The molecule has 0 aromatic carbocycles. The van der Waals surface area contributed by atoms with Gasteiger partial charge in [-0.1, -0.05) is 59.2 Å². The maximum atomic E-state index is 12.2. The summed E-state index contributed by atoms with van der Waals surface area (Å²) in [6.45, 7) is 17.6. The average Bonchev–Trinajstić information content (AvgIpc) is 1.96. The standard InChI is InChI=1S/C12H26OSi2/c1-12(2,3)15(7,8)11(13)9-10-14(4,5)6/h9-10H,1-8H3. The molecular formula is C12H26OSi2. The minimum atomic E-state index is -1.81. The third-order valence-corrected chi connectivity index (χ3v) is 9.54. The highest BCUT2D eigenvalue weighted by Crippen LogP contribution is 2.36. The maximum Gasteiger partial charge on any atom is 0.137 e. The van der Waals surface area contributed by atoms with Crippen LogP contribution in [-0.2, 0) is 4.79 Å². The Morgan fingerprint density at radius 3 is 1.67 bits per heavy atom. The Labute approximate surface area is 97.0 Å². The van der Waals surface area contributed by atoms with E-state index in [4.69, 9.17) is 0 Å². The molecule has 0 radical (unpaired) electrons. The average molecular weight is 243 g/mol. The summed E-state index contributed by atoms with van der Waals surface area (Å²) in [7, 11) is -3.05. The summed E-state index contributed by atoms with van der Waals surface area (Å²) >= 11 is 0. The van der Waals surface area contributed by atoms with Crippen molar-refractivity contribution in [3.63, 3.8) is 0 Å². The van der Waals surface area contributed by atoms with E-state index < -0.39 is 16.1 Å². The Balaban J connectivity index is 4.82. The second kappa shape index (κ2) is 4.38. The van der Waals surface area contributed by atoms with Crippen molar-refractivity contribution < 1.29 is 4.79 Å². The molecule has 0 N–H and O–H groups in total. The Morgan fingerprint density at radius 1 is 1.00 bits per heavy atom. The lowest BCUT2D eigenvalue weighted by atomic mass is 10.2. The SMILES string of the molecule is CC(C)(C)[Si](C)(C)C(=O)C=C[Si](C)(C)C. The molecule has 1 nitrogen and oxygen atoms in total. The van der Waals surface area contributed by atoms with Gasteiger partial charge in [0.15, 0.2) is 0 Å². The molecule has 0 saturated heterocycles. The van der Waals surface area contributed by atoms with E-state index in [-0.39, 0.29) is 5.04 Å². The fourth-order valence-corrected chi connectivity index (χ4v) is 2.96. The van der Waals surface area contributed by atoms with Gasteiger partial charge in [-0.15, -0.1) is 0 Å². The zero-order valence-electron chi connectivity index (χ0n) is 11.6. The van der Waals surface area contributed by atoms with Crippen LogP contribution in [0, 0.1) is 0 Å². The van der Waals surface area contributed by atoms with Crippen LogP contribution in [0.5, 0.6) is 0 Å². The molecule has 0 rings (SSSR count). The summed E-state index contributed by atoms with van der Waals surface area (Å²) in [5.74, 6) is 0. The molecule has 0 aliphatic heterocycles. The topological polar surface area (TPSA) is 17.1 Å². The number of hydrogen-bond acceptors (Lipinski definition) is 1. The van der Waals surface area contributed by atoms with Crippen LogP contribution in [0.1, 0.15) is 20.8 Å². The second-order valence-corrected chi connectivity index (χ2v) is 17.2. The molecule has 0 bridgehead atoms. The van der Waals surface area contributed by atoms with E-state index in [0.29, 0.717) is 5.41 Å². The van der Waals surface area contributed by atoms with E-state index in [0.717, 1.165) is 0 Å². The van der Waals surface area contributed by atoms with Crippen LogP contribution >= 0.6 is 0 Å². The van der Waals surface area contributed by atoms with Gasteiger partial charge in [0, 0.05) is 0 Å². The van der Waals surface area contributed by atoms with Gasteiger partial charge in [0.2, 0.25) is 0 Å². The summed E-state index contributed by atoms with van der Waals surface area (Å²) in [5, 5.41) is 0.533. The van der Waals surface area contributed by atoms with Gasteiger partial charge in [0.1, 0.15) is 13.5 Å². The molecule has 0 saturated carbocycles. The van der Waals surface area contributed by atoms with Gasteiger partial charge in [-0.25, -0.2) is 0 Å². The fraction of sp³-hybridized carbons (Fsp3) is 0.750. The summed E-state index contributed by atoms with van der Waals surface area (Å²) in [5.41, 5.74) is 2.16. The van der Waals surface area contributed by atoms with Gasteiger partial charge in [-0.05, 0) is 11.1 Å². The number of rotatable bonds is 3. The first-order valence-electron chi connectivity index (χ1n) is 5.61. The molecule has 0 spiro atoms. The van der Waals surface area contributed by atoms with Crippen LogP contribution < -0.4 is 0 Å². The van der Waals surface area contributed by atoms with Gasteiger partial charge in [0.25, 0.3) is 0 Å². The minimum absolute atomic E-state index is 0.147. The Hall–Kier alpha value is -0.156. The normalized spacial score (nSPS) is 14.7. The van der Waals surface area contributed by atoms with Crippen LogP contribution in [-0.4, -0.2) is 21.6 Å². The van der Waals surface area contributed by atoms with Crippen molar-refractivity contribution in [3.05, 3.63) is 11.8 Å². The Bertz CT molecular complexity index is 264. The highest BCUT2D eigenvalue weighted by atomic mass is 28.3. The van der Waals surface area contributed by atoms with Crippen LogP contribution in [0.25, 0.3) is 0 Å². The molecule has 88 valence electrons. The maximum absolute atomic E-state index is 12.2. The predicted octanol–water partition coefficient (Wildman–Crippen LogP) is 4.04. The molecule has 15 heavy (non-hydrogen) atoms. The number of carbonyl (C=O) groups excluding carboxylic acids is 1. The van der Waals surface area contributed by atoms with Gasteiger partial charge < -0.3 is 4.79 Å². The fourth-order valence-electron chi connectivity index (χ4n) is 0.904. The van der Waals surface area contributed by atoms with Crippen molar-refractivity contribution in [3.8, 4) is 0 Å². The first-order chi connectivity index (χ1) is 6.38. The molecule has 0 aromatic heterocycles. The third-order valence-electron chi connectivity index (χ3n) is 3.23. The summed E-state index contributed by atoms with van der Waals surface area (Å²) in [6.07, 6.45) is 1.86. The lowest BCUT2D eigenvalue weighted by Crippen LogP contribution is -2.45. The summed E-state index contributed by atoms with van der Waals surface area (Å²) in [6, 6.07) is 0. The van der Waals surface area contributed by atoms with Crippen molar-refractivity contribution >= 4 is 21.6 Å². The van der Waals surface area contributed by atoms with E-state index in [2.05, 4.69) is 59.2 Å². The van der Waals surface area contributed by atoms with Gasteiger partial charge in [-0.3, -0.25) is 0 Å². The second-order valence-electron chi connectivity index (χ2n) is 6.94. The zero-order valence-corrected chi connectivity index (χ0v) is 13.6. The smallest absolute Gasteiger partial charge is 0.137 e. The highest BCUT2D eigenvalue weighted by molar-refractivity contribution is 7.07. The van der Waals surface area contributed by atoms with Crippen LogP contribution in [0.15, 0.2) is 11.8 Å². The molecule has 0 unspecified atom stereocenters. The molecule has 0 fully saturated rings. The number of allylic oxidation sites excluding steroid dienone is 1. The van der Waals surface area contributed by atoms with Crippen molar-refractivity contribution in [2.75, 3.05) is 0 Å². The first kappa shape index (κ1) is 14.8. The summed E-state index contributed by atoms with van der Waals surface area (Å²) < 4.78 is 0. The van der Waals surface area contributed by atoms with Gasteiger partial charge in [0.05, 0.1) is 8.07 Å². The Kier molecular flexibility index (Phi) is 4.33. The highest BCUT2D eigenvalue weighted by Gasteiger charge is 2.40. The molecule has 3 heteroatoms. The zero-order chi connectivity index (χ0) is 12.5. The molecule has 0 aliphatic rings. The van der Waals surface area contributed by atoms with Crippen LogP contribution in [0.2, 0.25) is 37.8 Å². The van der Waals surface area contributed by atoms with Crippen molar-refractivity contribution in [1.82, 2.24) is 0 Å². The predicted molar refractivity (Wildman–Crippen MR) is 74.7 cm³/mol. The third kappa shape index (κ3) is 4.47.